The molecular weight excluding hydrogens is 324 g/mol. The third-order valence-corrected chi connectivity index (χ3v) is 5.37. The molecule has 26 heavy (non-hydrogen) atoms. The van der Waals surface area contributed by atoms with Crippen molar-refractivity contribution in [3.63, 3.8) is 0 Å². The lowest BCUT2D eigenvalue weighted by atomic mass is 9.85. The number of hydrogen-bond acceptors (Lipinski definition) is 3. The topological polar surface area (TPSA) is 39.4 Å². The summed E-state index contributed by atoms with van der Waals surface area (Å²) in [7, 11) is 0. The average molecular weight is 346 g/mol. The molecule has 0 bridgehead atoms. The maximum Gasteiger partial charge on any atom is 0.170 e. The van der Waals surface area contributed by atoms with Gasteiger partial charge in [-0.2, -0.15) is 0 Å². The van der Waals surface area contributed by atoms with Crippen molar-refractivity contribution < 1.29 is 13.9 Å². The van der Waals surface area contributed by atoms with Gasteiger partial charge in [0.2, 0.25) is 0 Å². The molecule has 0 saturated heterocycles. The van der Waals surface area contributed by atoms with Crippen LogP contribution in [0.1, 0.15) is 43.5 Å². The summed E-state index contributed by atoms with van der Waals surface area (Å²) in [5.74, 6) is 1.58. The number of benzene rings is 2. The molecule has 0 spiro atoms. The Morgan fingerprint density at radius 3 is 2.42 bits per heavy atom. The fraction of sp³-hybridized carbons (Fsp3) is 0.261. The van der Waals surface area contributed by atoms with Gasteiger partial charge in [0.25, 0.3) is 0 Å². The lowest BCUT2D eigenvalue weighted by molar-refractivity contribution is 0.0350. The van der Waals surface area contributed by atoms with Gasteiger partial charge in [0.05, 0.1) is 18.2 Å². The molecule has 0 atom stereocenters. The second-order valence-corrected chi connectivity index (χ2v) is 6.87. The molecule has 0 unspecified atom stereocenters. The van der Waals surface area contributed by atoms with Gasteiger partial charge in [-0.25, -0.2) is 0 Å². The van der Waals surface area contributed by atoms with Crippen molar-refractivity contribution >= 4 is 5.78 Å². The molecule has 0 radical (unpaired) electrons. The summed E-state index contributed by atoms with van der Waals surface area (Å²) < 4.78 is 12.0. The zero-order chi connectivity index (χ0) is 18.1. The third kappa shape index (κ3) is 2.84. The Bertz CT molecular complexity index is 933. The van der Waals surface area contributed by atoms with Crippen LogP contribution in [0.3, 0.4) is 0 Å². The third-order valence-electron chi connectivity index (χ3n) is 5.37. The van der Waals surface area contributed by atoms with Crippen molar-refractivity contribution in [3.8, 4) is 28.2 Å². The van der Waals surface area contributed by atoms with Crippen LogP contribution in [-0.2, 0) is 0 Å². The Kier molecular flexibility index (Phi) is 4.15. The van der Waals surface area contributed by atoms with Crippen molar-refractivity contribution in [2.45, 2.75) is 38.7 Å². The van der Waals surface area contributed by atoms with E-state index in [1.165, 1.54) is 0 Å². The molecule has 4 rings (SSSR count). The van der Waals surface area contributed by atoms with E-state index in [-0.39, 0.29) is 11.4 Å². The first-order valence-corrected chi connectivity index (χ1v) is 9.15. The molecule has 132 valence electrons. The zero-order valence-electron chi connectivity index (χ0n) is 15.1. The highest BCUT2D eigenvalue weighted by Crippen LogP contribution is 2.39. The van der Waals surface area contributed by atoms with E-state index in [1.807, 2.05) is 54.6 Å². The fourth-order valence-electron chi connectivity index (χ4n) is 3.56. The lowest BCUT2D eigenvalue weighted by Gasteiger charge is -2.36. The molecule has 3 nitrogen and oxygen atoms in total. The van der Waals surface area contributed by atoms with Gasteiger partial charge in [-0.1, -0.05) is 44.2 Å². The van der Waals surface area contributed by atoms with E-state index < -0.39 is 0 Å². The molecule has 3 aromatic rings. The predicted molar refractivity (Wildman–Crippen MR) is 102 cm³/mol. The van der Waals surface area contributed by atoms with E-state index in [9.17, 15) is 4.79 Å². The number of Topliss-reactive ketones (excluding diaryl/α,β-unsaturated/α-hetero) is 1. The van der Waals surface area contributed by atoms with Crippen molar-refractivity contribution in [1.29, 1.82) is 0 Å². The van der Waals surface area contributed by atoms with Gasteiger partial charge in [-0.15, -0.1) is 0 Å². The van der Waals surface area contributed by atoms with Crippen molar-refractivity contribution in [3.05, 3.63) is 66.4 Å². The lowest BCUT2D eigenvalue weighted by Crippen LogP contribution is -2.40. The van der Waals surface area contributed by atoms with Gasteiger partial charge >= 0.3 is 0 Å². The zero-order valence-corrected chi connectivity index (χ0v) is 15.1. The van der Waals surface area contributed by atoms with Crippen LogP contribution in [0, 0.1) is 0 Å². The molecule has 2 heterocycles. The smallest absolute Gasteiger partial charge is 0.170 e. The van der Waals surface area contributed by atoms with Crippen LogP contribution in [0.2, 0.25) is 0 Å². The normalized spacial score (nSPS) is 15.4. The van der Waals surface area contributed by atoms with E-state index in [2.05, 4.69) is 13.8 Å². The number of carbonyl (C=O) groups excluding carboxylic acids is 1. The Balaban J connectivity index is 1.68. The molecule has 2 aromatic carbocycles. The standard InChI is InChI=1S/C23H22O3/c1-3-23(4-2)14-20(24)19-12-17(10-11-21(19)26-23)22-13-18(15-25-22)16-8-6-5-7-9-16/h5-13,15H,3-4,14H2,1-2H3. The van der Waals surface area contributed by atoms with Crippen LogP contribution in [0.5, 0.6) is 5.75 Å². The van der Waals surface area contributed by atoms with Gasteiger partial charge in [-0.3, -0.25) is 4.79 Å². The van der Waals surface area contributed by atoms with Crippen LogP contribution in [0.25, 0.3) is 22.5 Å². The quantitative estimate of drug-likeness (QED) is 0.570. The SMILES string of the molecule is CCC1(CC)CC(=O)c2cc(-c3cc(-c4ccccc4)co3)ccc2O1. The minimum atomic E-state index is -0.364. The Morgan fingerprint density at radius 1 is 0.923 bits per heavy atom. The highest BCUT2D eigenvalue weighted by Gasteiger charge is 2.37. The number of ketones is 1. The van der Waals surface area contributed by atoms with E-state index >= 15 is 0 Å². The first-order valence-electron chi connectivity index (χ1n) is 9.15. The summed E-state index contributed by atoms with van der Waals surface area (Å²) in [6, 6.07) is 17.9. The van der Waals surface area contributed by atoms with Gasteiger partial charge < -0.3 is 9.15 Å². The number of hydrogen-bond donors (Lipinski definition) is 0. The highest BCUT2D eigenvalue weighted by atomic mass is 16.5. The summed E-state index contributed by atoms with van der Waals surface area (Å²) in [6.07, 6.45) is 3.84. The van der Waals surface area contributed by atoms with Crippen LogP contribution in [-0.4, -0.2) is 11.4 Å². The van der Waals surface area contributed by atoms with E-state index in [4.69, 9.17) is 9.15 Å². The predicted octanol–water partition coefficient (Wildman–Crippen LogP) is 6.14. The van der Waals surface area contributed by atoms with Crippen molar-refractivity contribution in [2.24, 2.45) is 0 Å². The van der Waals surface area contributed by atoms with Gasteiger partial charge in [-0.05, 0) is 42.7 Å². The van der Waals surface area contributed by atoms with E-state index in [1.54, 1.807) is 6.26 Å². The first-order chi connectivity index (χ1) is 12.6. The van der Waals surface area contributed by atoms with Crippen molar-refractivity contribution in [2.75, 3.05) is 0 Å². The van der Waals surface area contributed by atoms with Crippen LogP contribution >= 0.6 is 0 Å². The van der Waals surface area contributed by atoms with E-state index in [0.717, 1.165) is 35.3 Å². The van der Waals surface area contributed by atoms with Crippen LogP contribution in [0.15, 0.2) is 65.3 Å². The molecule has 1 aliphatic rings. The average Bonchev–Trinajstić information content (AvgIpc) is 3.18. The molecule has 0 saturated carbocycles. The Labute approximate surface area is 153 Å². The minimum absolute atomic E-state index is 0.145. The molecular formula is C23H22O3. The molecule has 1 aromatic heterocycles. The number of furan rings is 1. The number of rotatable bonds is 4. The molecule has 3 heteroatoms. The molecule has 0 amide bonds. The largest absolute Gasteiger partial charge is 0.486 e. The maximum atomic E-state index is 12.7. The summed E-state index contributed by atoms with van der Waals surface area (Å²) in [5, 5.41) is 0. The number of fused-ring (bicyclic) bond motifs is 1. The van der Waals surface area contributed by atoms with Crippen LogP contribution in [0.4, 0.5) is 0 Å². The van der Waals surface area contributed by atoms with Crippen molar-refractivity contribution in [1.82, 2.24) is 0 Å². The molecule has 0 aliphatic carbocycles. The van der Waals surface area contributed by atoms with Crippen LogP contribution < -0.4 is 4.74 Å². The van der Waals surface area contributed by atoms with Gasteiger partial charge in [0.1, 0.15) is 17.1 Å². The molecule has 0 N–H and O–H groups in total. The van der Waals surface area contributed by atoms with Gasteiger partial charge in [0.15, 0.2) is 5.78 Å². The summed E-state index contributed by atoms with van der Waals surface area (Å²) >= 11 is 0. The summed E-state index contributed by atoms with van der Waals surface area (Å²) in [4.78, 5) is 12.7. The fourth-order valence-corrected chi connectivity index (χ4v) is 3.56. The van der Waals surface area contributed by atoms with E-state index in [0.29, 0.717) is 17.7 Å². The second kappa shape index (κ2) is 6.49. The number of ether oxygens (including phenoxy) is 1. The molecule has 1 aliphatic heterocycles. The number of carbonyl (C=O) groups is 1. The second-order valence-electron chi connectivity index (χ2n) is 6.87. The molecule has 0 fully saturated rings. The monoisotopic (exact) mass is 346 g/mol. The summed E-state index contributed by atoms with van der Waals surface area (Å²) in [6.45, 7) is 4.15. The Hall–Kier alpha value is -2.81. The maximum absolute atomic E-state index is 12.7. The van der Waals surface area contributed by atoms with Gasteiger partial charge in [0, 0.05) is 11.1 Å². The summed E-state index contributed by atoms with van der Waals surface area (Å²) in [5.41, 5.74) is 3.31. The minimum Gasteiger partial charge on any atom is -0.486 e. The Morgan fingerprint density at radius 2 is 1.69 bits per heavy atom. The first kappa shape index (κ1) is 16.6. The highest BCUT2D eigenvalue weighted by molar-refractivity contribution is 6.01.